The van der Waals surface area contributed by atoms with Gasteiger partial charge in [0.25, 0.3) is 0 Å². The molecule has 8 N–H and O–H groups in total. The van der Waals surface area contributed by atoms with Crippen LogP contribution in [0.5, 0.6) is 0 Å². The third kappa shape index (κ3) is 433. The van der Waals surface area contributed by atoms with E-state index in [0.717, 1.165) is 0 Å². The molecule has 11 heteroatoms. The third-order valence-electron chi connectivity index (χ3n) is 0. The second kappa shape index (κ2) is 528. The van der Waals surface area contributed by atoms with Gasteiger partial charge >= 0.3 is 59.5 Å². The fraction of sp³-hybridized carbons (Fsp3) is 0. The van der Waals surface area contributed by atoms with Gasteiger partial charge in [-0.2, -0.15) is 0 Å². The van der Waals surface area contributed by atoms with Crippen LogP contribution in [0.15, 0.2) is 0 Å². The van der Waals surface area contributed by atoms with E-state index >= 15 is 0 Å². The summed E-state index contributed by atoms with van der Waals surface area (Å²) in [5.74, 6) is 0. The van der Waals surface area contributed by atoms with Crippen LogP contribution in [-0.2, 0) is 59.5 Å². The number of hydrogen-bond acceptors (Lipinski definition) is 8. The molecule has 0 bridgehead atoms. The van der Waals surface area contributed by atoms with Gasteiger partial charge in [-0.1, -0.05) is 0 Å². The standard InChI is InChI=1S/Co.Ni.8H2O.Zr/h;;8*1H2;/q2*+2;;;;;;;;;+4/p-8. The van der Waals surface area contributed by atoms with Crippen LogP contribution in [0, 0.1) is 0 Å². The first-order valence-electron chi connectivity index (χ1n) is 0. The molecule has 0 rings (SSSR count). The van der Waals surface area contributed by atoms with Gasteiger partial charge in [0.1, 0.15) is 0 Å². The molecule has 0 unspecified atom stereocenters. The van der Waals surface area contributed by atoms with E-state index in [4.69, 9.17) is 0 Å². The normalized spacial score (nSPS) is 0. The Labute approximate surface area is 103 Å². The summed E-state index contributed by atoms with van der Waals surface area (Å²) in [6.45, 7) is 0. The minimum absolute atomic E-state index is 0. The van der Waals surface area contributed by atoms with Crippen LogP contribution in [0.2, 0.25) is 0 Å². The first kappa shape index (κ1) is 687. The summed E-state index contributed by atoms with van der Waals surface area (Å²) in [5, 5.41) is 0. The molecule has 0 spiro atoms. The second-order valence-electron chi connectivity index (χ2n) is 0. The maximum Gasteiger partial charge on any atom is 4.00 e. The van der Waals surface area contributed by atoms with Gasteiger partial charge in [-0.3, -0.25) is 0 Å². The number of rotatable bonds is 0. The van der Waals surface area contributed by atoms with Gasteiger partial charge in [-0.05, 0) is 0 Å². The van der Waals surface area contributed by atoms with Crippen LogP contribution in [0.3, 0.4) is 0 Å². The first-order valence-corrected chi connectivity index (χ1v) is 0. The molecule has 0 aromatic rings. The van der Waals surface area contributed by atoms with Gasteiger partial charge in [0, 0.05) is 0 Å². The van der Waals surface area contributed by atoms with Crippen LogP contribution < -0.4 is 0 Å². The van der Waals surface area contributed by atoms with E-state index in [1.807, 2.05) is 0 Å². The monoisotopic (exact) mass is 343 g/mol. The SMILES string of the molecule is [Co+2].[Ni+2].[OH-].[OH-].[OH-].[OH-].[OH-].[OH-].[OH-].[OH-].[Zr+4]. The predicted molar refractivity (Wildman–Crippen MR) is 15.5 cm³/mol. The topological polar surface area (TPSA) is 240 Å². The molecule has 0 aliphatic rings. The summed E-state index contributed by atoms with van der Waals surface area (Å²) < 4.78 is 0. The molecule has 0 amide bonds. The third-order valence-corrected chi connectivity index (χ3v) is 0. The first-order chi connectivity index (χ1) is 0. The van der Waals surface area contributed by atoms with E-state index in [0.29, 0.717) is 0 Å². The molecule has 0 atom stereocenters. The molecule has 0 fully saturated rings. The largest absolute Gasteiger partial charge is 4.00 e. The predicted octanol–water partition coefficient (Wildman–Crippen LogP) is -1.42. The Hall–Kier alpha value is 1.56. The fourth-order valence-electron chi connectivity index (χ4n) is 0. The van der Waals surface area contributed by atoms with Crippen LogP contribution >= 0.6 is 0 Å². The quantitative estimate of drug-likeness (QED) is 0.470. The molecule has 1 radical (unpaired) electrons. The van der Waals surface area contributed by atoms with Crippen molar-refractivity contribution in [3.05, 3.63) is 0 Å². The van der Waals surface area contributed by atoms with Crippen molar-refractivity contribution in [3.8, 4) is 0 Å². The van der Waals surface area contributed by atoms with Crippen molar-refractivity contribution in [3.63, 3.8) is 0 Å². The Morgan fingerprint density at radius 1 is 0.364 bits per heavy atom. The number of hydrogen-bond donors (Lipinski definition) is 0. The molecule has 0 aliphatic heterocycles. The zero-order valence-corrected chi connectivity index (χ0v) is 9.21. The maximum absolute atomic E-state index is 0. The second-order valence-corrected chi connectivity index (χ2v) is 0. The molecule has 0 saturated carbocycles. The summed E-state index contributed by atoms with van der Waals surface area (Å²) in [4.78, 5) is 0. The minimum Gasteiger partial charge on any atom is -0.870 e. The Bertz CT molecular complexity index is 14.1. The average molecular weight is 345 g/mol. The molecule has 0 aromatic heterocycles. The van der Waals surface area contributed by atoms with Crippen molar-refractivity contribution in [2.45, 2.75) is 0 Å². The van der Waals surface area contributed by atoms with Gasteiger partial charge in [0.05, 0.1) is 0 Å². The van der Waals surface area contributed by atoms with Gasteiger partial charge in [0.2, 0.25) is 0 Å². The Kier molecular flexibility index (Phi) is 33000. The zero-order valence-electron chi connectivity index (χ0n) is 4.73. The molecule has 8 nitrogen and oxygen atoms in total. The van der Waals surface area contributed by atoms with Gasteiger partial charge < -0.3 is 43.8 Å². The minimum atomic E-state index is 0. The molecular weight excluding hydrogens is 337 g/mol. The molecule has 11 heavy (non-hydrogen) atoms. The zero-order chi connectivity index (χ0) is 0. The molecule has 0 aliphatic carbocycles. The average Bonchev–Trinajstić information content (AvgIpc) is 0. The van der Waals surface area contributed by atoms with Crippen LogP contribution in [0.4, 0.5) is 0 Å². The van der Waals surface area contributed by atoms with Crippen molar-refractivity contribution in [2.75, 3.05) is 0 Å². The smallest absolute Gasteiger partial charge is 0.870 e. The van der Waals surface area contributed by atoms with Crippen LogP contribution in [0.1, 0.15) is 0 Å². The molecular formula is H8CoNiO8Zr. The maximum atomic E-state index is 0. The van der Waals surface area contributed by atoms with E-state index in [2.05, 4.69) is 0 Å². The summed E-state index contributed by atoms with van der Waals surface area (Å²) in [5.41, 5.74) is 0. The summed E-state index contributed by atoms with van der Waals surface area (Å²) in [6.07, 6.45) is 0. The summed E-state index contributed by atoms with van der Waals surface area (Å²) in [6, 6.07) is 0. The Morgan fingerprint density at radius 3 is 0.364 bits per heavy atom. The molecule has 0 aromatic carbocycles. The molecule has 0 heterocycles. The van der Waals surface area contributed by atoms with Gasteiger partial charge in [-0.15, -0.1) is 0 Å². The van der Waals surface area contributed by atoms with E-state index in [-0.39, 0.29) is 103 Å². The van der Waals surface area contributed by atoms with Gasteiger partial charge in [0.15, 0.2) is 0 Å². The van der Waals surface area contributed by atoms with E-state index in [1.54, 1.807) is 0 Å². The molecule has 79 valence electrons. The van der Waals surface area contributed by atoms with E-state index in [1.165, 1.54) is 0 Å². The summed E-state index contributed by atoms with van der Waals surface area (Å²) in [7, 11) is 0. The van der Waals surface area contributed by atoms with Crippen molar-refractivity contribution >= 4 is 0 Å². The molecule has 0 saturated heterocycles. The van der Waals surface area contributed by atoms with E-state index in [9.17, 15) is 0 Å². The summed E-state index contributed by atoms with van der Waals surface area (Å²) >= 11 is 0. The van der Waals surface area contributed by atoms with Crippen LogP contribution in [0.25, 0.3) is 0 Å². The van der Waals surface area contributed by atoms with Crippen molar-refractivity contribution < 1.29 is 103 Å². The van der Waals surface area contributed by atoms with Crippen molar-refractivity contribution in [2.24, 2.45) is 0 Å². The van der Waals surface area contributed by atoms with Gasteiger partial charge in [-0.25, -0.2) is 0 Å². The van der Waals surface area contributed by atoms with E-state index < -0.39 is 0 Å². The fourth-order valence-corrected chi connectivity index (χ4v) is 0. The Balaban J connectivity index is 0. The Morgan fingerprint density at radius 2 is 0.364 bits per heavy atom. The van der Waals surface area contributed by atoms with Crippen molar-refractivity contribution in [1.29, 1.82) is 0 Å². The van der Waals surface area contributed by atoms with Crippen LogP contribution in [-0.4, -0.2) is 43.8 Å². The van der Waals surface area contributed by atoms with Crippen molar-refractivity contribution in [1.82, 2.24) is 0 Å².